The standard InChI is InChI=1S/C14H19ClN2O4/c1-10(2)16(7-3-4-14(18)19)9-11-8-12(15)5-6-13(11)17(20)21/h5-6,8,10H,3-4,7,9H2,1-2H3,(H,18,19). The molecule has 0 heterocycles. The number of nitro groups is 1. The number of carbonyl (C=O) groups is 1. The lowest BCUT2D eigenvalue weighted by Crippen LogP contribution is -2.31. The van der Waals surface area contributed by atoms with E-state index < -0.39 is 10.9 Å². The van der Waals surface area contributed by atoms with Crippen LogP contribution in [0.2, 0.25) is 5.02 Å². The van der Waals surface area contributed by atoms with E-state index in [0.717, 1.165) is 0 Å². The highest BCUT2D eigenvalue weighted by Gasteiger charge is 2.18. The fourth-order valence-corrected chi connectivity index (χ4v) is 2.23. The largest absolute Gasteiger partial charge is 0.481 e. The maximum Gasteiger partial charge on any atom is 0.303 e. The summed E-state index contributed by atoms with van der Waals surface area (Å²) in [5.41, 5.74) is 0.569. The molecule has 0 aromatic heterocycles. The van der Waals surface area contributed by atoms with Gasteiger partial charge in [0.1, 0.15) is 0 Å². The zero-order valence-electron chi connectivity index (χ0n) is 12.1. The SMILES string of the molecule is CC(C)N(CCCC(=O)O)Cc1cc(Cl)ccc1[N+](=O)[O-]. The van der Waals surface area contributed by atoms with Gasteiger partial charge in [-0.3, -0.25) is 19.8 Å². The van der Waals surface area contributed by atoms with Crippen LogP contribution in [0.15, 0.2) is 18.2 Å². The van der Waals surface area contributed by atoms with E-state index in [4.69, 9.17) is 16.7 Å². The molecule has 1 rings (SSSR count). The van der Waals surface area contributed by atoms with Crippen molar-refractivity contribution in [3.8, 4) is 0 Å². The molecule has 0 radical (unpaired) electrons. The molecule has 0 aliphatic heterocycles. The Morgan fingerprint density at radius 3 is 2.67 bits per heavy atom. The van der Waals surface area contributed by atoms with Crippen molar-refractivity contribution in [2.24, 2.45) is 0 Å². The highest BCUT2D eigenvalue weighted by atomic mass is 35.5. The molecule has 0 saturated carbocycles. The van der Waals surface area contributed by atoms with E-state index >= 15 is 0 Å². The fraction of sp³-hybridized carbons (Fsp3) is 0.500. The Morgan fingerprint density at radius 2 is 2.14 bits per heavy atom. The first-order valence-electron chi connectivity index (χ1n) is 6.70. The second-order valence-corrected chi connectivity index (χ2v) is 5.53. The second kappa shape index (κ2) is 7.95. The highest BCUT2D eigenvalue weighted by Crippen LogP contribution is 2.24. The van der Waals surface area contributed by atoms with Gasteiger partial charge in [-0.1, -0.05) is 11.6 Å². The maximum atomic E-state index is 11.1. The lowest BCUT2D eigenvalue weighted by atomic mass is 10.1. The van der Waals surface area contributed by atoms with Gasteiger partial charge in [0, 0.05) is 35.7 Å². The van der Waals surface area contributed by atoms with Gasteiger partial charge in [-0.25, -0.2) is 0 Å². The van der Waals surface area contributed by atoms with Gasteiger partial charge in [-0.15, -0.1) is 0 Å². The van der Waals surface area contributed by atoms with Crippen LogP contribution in [-0.2, 0) is 11.3 Å². The summed E-state index contributed by atoms with van der Waals surface area (Å²) in [6.45, 7) is 4.87. The zero-order valence-corrected chi connectivity index (χ0v) is 12.8. The van der Waals surface area contributed by atoms with Crippen molar-refractivity contribution in [3.63, 3.8) is 0 Å². The molecule has 0 bridgehead atoms. The van der Waals surface area contributed by atoms with Crippen molar-refractivity contribution in [1.82, 2.24) is 4.90 Å². The molecule has 116 valence electrons. The second-order valence-electron chi connectivity index (χ2n) is 5.09. The average Bonchev–Trinajstić information content (AvgIpc) is 2.36. The van der Waals surface area contributed by atoms with Crippen LogP contribution in [0.4, 0.5) is 5.69 Å². The van der Waals surface area contributed by atoms with E-state index in [9.17, 15) is 14.9 Å². The van der Waals surface area contributed by atoms with Crippen LogP contribution in [0.5, 0.6) is 0 Å². The Labute approximate surface area is 128 Å². The van der Waals surface area contributed by atoms with Gasteiger partial charge in [-0.2, -0.15) is 0 Å². The Bertz CT molecular complexity index is 520. The number of carboxylic acids is 1. The topological polar surface area (TPSA) is 83.7 Å². The Kier molecular flexibility index (Phi) is 6.58. The van der Waals surface area contributed by atoms with Gasteiger partial charge in [-0.05, 0) is 38.9 Å². The molecular formula is C14H19ClN2O4. The van der Waals surface area contributed by atoms with E-state index in [-0.39, 0.29) is 18.2 Å². The third-order valence-electron chi connectivity index (χ3n) is 3.18. The molecule has 0 saturated heterocycles. The third kappa shape index (κ3) is 5.69. The first-order chi connectivity index (χ1) is 9.81. The Balaban J connectivity index is 2.85. The molecule has 1 N–H and O–H groups in total. The predicted octanol–water partition coefficient (Wildman–Crippen LogP) is 3.32. The average molecular weight is 315 g/mol. The van der Waals surface area contributed by atoms with Crippen LogP contribution in [0.3, 0.4) is 0 Å². The molecule has 0 aliphatic carbocycles. The van der Waals surface area contributed by atoms with Crippen molar-refractivity contribution < 1.29 is 14.8 Å². The zero-order chi connectivity index (χ0) is 16.0. The minimum atomic E-state index is -0.840. The smallest absolute Gasteiger partial charge is 0.303 e. The molecule has 0 atom stereocenters. The molecule has 0 spiro atoms. The summed E-state index contributed by atoms with van der Waals surface area (Å²) < 4.78 is 0. The van der Waals surface area contributed by atoms with Crippen LogP contribution in [0, 0.1) is 10.1 Å². The van der Waals surface area contributed by atoms with E-state index in [2.05, 4.69) is 0 Å². The summed E-state index contributed by atoms with van der Waals surface area (Å²) in [6, 6.07) is 4.63. The fourth-order valence-electron chi connectivity index (χ4n) is 2.03. The van der Waals surface area contributed by atoms with Gasteiger partial charge in [0.05, 0.1) is 4.92 Å². The molecule has 0 unspecified atom stereocenters. The molecule has 0 aliphatic rings. The van der Waals surface area contributed by atoms with Crippen LogP contribution in [0.1, 0.15) is 32.3 Å². The molecule has 0 fully saturated rings. The minimum absolute atomic E-state index is 0.0308. The monoisotopic (exact) mass is 314 g/mol. The first-order valence-corrected chi connectivity index (χ1v) is 7.07. The number of nitrogens with zero attached hydrogens (tertiary/aromatic N) is 2. The predicted molar refractivity (Wildman–Crippen MR) is 80.5 cm³/mol. The van der Waals surface area contributed by atoms with Crippen molar-refractivity contribution in [1.29, 1.82) is 0 Å². The Hall–Kier alpha value is -1.66. The molecule has 7 heteroatoms. The Morgan fingerprint density at radius 1 is 1.48 bits per heavy atom. The molecule has 0 amide bonds. The summed E-state index contributed by atoms with van der Waals surface area (Å²) in [7, 11) is 0. The molecule has 1 aromatic rings. The first kappa shape index (κ1) is 17.4. The maximum absolute atomic E-state index is 11.1. The minimum Gasteiger partial charge on any atom is -0.481 e. The van der Waals surface area contributed by atoms with Gasteiger partial charge in [0.15, 0.2) is 0 Å². The number of hydrogen-bond donors (Lipinski definition) is 1. The van der Waals surface area contributed by atoms with Crippen molar-refractivity contribution in [2.45, 2.75) is 39.3 Å². The van der Waals surface area contributed by atoms with Crippen LogP contribution < -0.4 is 0 Å². The van der Waals surface area contributed by atoms with E-state index in [1.54, 1.807) is 6.07 Å². The number of nitro benzene ring substituents is 1. The number of hydrogen-bond acceptors (Lipinski definition) is 4. The summed E-state index contributed by atoms with van der Waals surface area (Å²) >= 11 is 5.91. The molecule has 6 nitrogen and oxygen atoms in total. The van der Waals surface area contributed by atoms with Gasteiger partial charge < -0.3 is 5.11 Å². The summed E-state index contributed by atoms with van der Waals surface area (Å²) in [6.07, 6.45) is 0.586. The van der Waals surface area contributed by atoms with Gasteiger partial charge >= 0.3 is 5.97 Å². The van der Waals surface area contributed by atoms with Crippen molar-refractivity contribution in [3.05, 3.63) is 38.9 Å². The highest BCUT2D eigenvalue weighted by molar-refractivity contribution is 6.30. The number of halogens is 1. The van der Waals surface area contributed by atoms with E-state index in [1.807, 2.05) is 18.7 Å². The van der Waals surface area contributed by atoms with Crippen molar-refractivity contribution in [2.75, 3.05) is 6.54 Å². The van der Waals surface area contributed by atoms with Gasteiger partial charge in [0.25, 0.3) is 5.69 Å². The van der Waals surface area contributed by atoms with Crippen LogP contribution in [-0.4, -0.2) is 33.5 Å². The number of carboxylic acid groups (broad SMARTS) is 1. The lowest BCUT2D eigenvalue weighted by Gasteiger charge is -2.26. The summed E-state index contributed by atoms with van der Waals surface area (Å²) in [4.78, 5) is 23.2. The van der Waals surface area contributed by atoms with Crippen molar-refractivity contribution >= 4 is 23.3 Å². The third-order valence-corrected chi connectivity index (χ3v) is 3.41. The van der Waals surface area contributed by atoms with Crippen LogP contribution in [0.25, 0.3) is 0 Å². The number of benzene rings is 1. The lowest BCUT2D eigenvalue weighted by molar-refractivity contribution is -0.385. The molecular weight excluding hydrogens is 296 g/mol. The summed E-state index contributed by atoms with van der Waals surface area (Å²) in [5.74, 6) is -0.840. The molecule has 1 aromatic carbocycles. The number of rotatable bonds is 8. The summed E-state index contributed by atoms with van der Waals surface area (Å²) in [5, 5.41) is 20.2. The van der Waals surface area contributed by atoms with Gasteiger partial charge in [0.2, 0.25) is 0 Å². The normalized spacial score (nSPS) is 11.1. The van der Waals surface area contributed by atoms with E-state index in [0.29, 0.717) is 30.1 Å². The van der Waals surface area contributed by atoms with E-state index in [1.165, 1.54) is 12.1 Å². The molecule has 21 heavy (non-hydrogen) atoms. The quantitative estimate of drug-likeness (QED) is 0.587. The van der Waals surface area contributed by atoms with Crippen LogP contribution >= 0.6 is 11.6 Å². The number of aliphatic carboxylic acids is 1.